The summed E-state index contributed by atoms with van der Waals surface area (Å²) in [6.45, 7) is 1.49. The number of ether oxygens (including phenoxy) is 1. The molecule has 7 heteroatoms. The summed E-state index contributed by atoms with van der Waals surface area (Å²) in [4.78, 5) is 33.8. The van der Waals surface area contributed by atoms with Gasteiger partial charge in [0, 0.05) is 31.0 Å². The van der Waals surface area contributed by atoms with Crippen LogP contribution >= 0.6 is 0 Å². The van der Waals surface area contributed by atoms with Crippen molar-refractivity contribution in [2.75, 3.05) is 25.5 Å². The zero-order valence-electron chi connectivity index (χ0n) is 15.9. The number of hydrogen-bond donors (Lipinski definition) is 1. The maximum atomic E-state index is 12.9. The molecule has 0 aliphatic carbocycles. The van der Waals surface area contributed by atoms with Crippen molar-refractivity contribution >= 4 is 17.6 Å². The highest BCUT2D eigenvalue weighted by molar-refractivity contribution is 5.90. The fraction of sp³-hybridized carbons (Fsp3) is 0.381. The first kappa shape index (κ1) is 18.3. The maximum absolute atomic E-state index is 12.9. The van der Waals surface area contributed by atoms with Gasteiger partial charge in [0.2, 0.25) is 5.91 Å². The molecule has 1 aromatic carbocycles. The van der Waals surface area contributed by atoms with Crippen molar-refractivity contribution in [2.45, 2.75) is 25.4 Å². The van der Waals surface area contributed by atoms with E-state index in [-0.39, 0.29) is 23.9 Å². The molecule has 146 valence electrons. The summed E-state index contributed by atoms with van der Waals surface area (Å²) in [5.74, 6) is 0.715. The number of carbonyl (C=O) groups is 2. The van der Waals surface area contributed by atoms with Crippen LogP contribution in [-0.4, -0.2) is 53.0 Å². The van der Waals surface area contributed by atoms with Crippen LogP contribution in [-0.2, 0) is 11.3 Å². The molecule has 0 saturated carbocycles. The summed E-state index contributed by atoms with van der Waals surface area (Å²) in [6.07, 6.45) is 3.48. The normalized spacial score (nSPS) is 21.4. The second-order valence-corrected chi connectivity index (χ2v) is 7.28. The number of fused-ring (bicyclic) bond motifs is 4. The van der Waals surface area contributed by atoms with Crippen molar-refractivity contribution in [3.05, 3.63) is 54.4 Å². The molecule has 1 aromatic heterocycles. The lowest BCUT2D eigenvalue weighted by atomic mass is 9.94. The number of nitrogens with zero attached hydrogens (tertiary/aromatic N) is 3. The Morgan fingerprint density at radius 3 is 2.71 bits per heavy atom. The highest BCUT2D eigenvalue weighted by Gasteiger charge is 2.42. The van der Waals surface area contributed by atoms with Gasteiger partial charge in [-0.1, -0.05) is 6.07 Å². The second kappa shape index (κ2) is 7.88. The number of anilines is 1. The number of pyridine rings is 1. The Bertz CT molecular complexity index is 840. The van der Waals surface area contributed by atoms with Gasteiger partial charge >= 0.3 is 6.03 Å². The number of urea groups is 1. The van der Waals surface area contributed by atoms with E-state index in [1.54, 1.807) is 30.3 Å². The fourth-order valence-electron chi connectivity index (χ4n) is 3.96. The van der Waals surface area contributed by atoms with E-state index in [9.17, 15) is 9.59 Å². The highest BCUT2D eigenvalue weighted by Crippen LogP contribution is 2.30. The Morgan fingerprint density at radius 2 is 2.00 bits per heavy atom. The standard InChI is InChI=1S/C21H24N4O3/c1-28-19-9-6-16(7-10-19)23-21(27)24-12-15-5-8-18(14-24)25(20(15)26)13-17-4-2-3-11-22-17/h2-4,6-7,9-11,15,18H,5,8,12-14H2,1H3,(H,23,27)/t15-,18+/m1/s1. The van der Waals surface area contributed by atoms with E-state index in [1.807, 2.05) is 35.2 Å². The van der Waals surface area contributed by atoms with Gasteiger partial charge in [-0.05, 0) is 49.2 Å². The van der Waals surface area contributed by atoms with Crippen molar-refractivity contribution in [2.24, 2.45) is 5.92 Å². The number of carbonyl (C=O) groups excluding carboxylic acids is 2. The van der Waals surface area contributed by atoms with Crippen molar-refractivity contribution in [3.63, 3.8) is 0 Å². The molecule has 5 rings (SSSR count). The molecular formula is C21H24N4O3. The summed E-state index contributed by atoms with van der Waals surface area (Å²) >= 11 is 0. The largest absolute Gasteiger partial charge is 0.497 e. The van der Waals surface area contributed by atoms with E-state index >= 15 is 0 Å². The molecule has 0 radical (unpaired) electrons. The molecule has 3 saturated heterocycles. The summed E-state index contributed by atoms with van der Waals surface area (Å²) in [5, 5.41) is 2.93. The molecule has 2 aromatic rings. The van der Waals surface area contributed by atoms with Crippen LogP contribution < -0.4 is 10.1 Å². The predicted molar refractivity (Wildman–Crippen MR) is 105 cm³/mol. The maximum Gasteiger partial charge on any atom is 0.321 e. The van der Waals surface area contributed by atoms with E-state index < -0.39 is 0 Å². The summed E-state index contributed by atoms with van der Waals surface area (Å²) in [6, 6.07) is 12.8. The zero-order chi connectivity index (χ0) is 19.5. The highest BCUT2D eigenvalue weighted by atomic mass is 16.5. The second-order valence-electron chi connectivity index (χ2n) is 7.28. The first-order valence-electron chi connectivity index (χ1n) is 9.54. The monoisotopic (exact) mass is 380 g/mol. The lowest BCUT2D eigenvalue weighted by molar-refractivity contribution is -0.140. The van der Waals surface area contributed by atoms with Gasteiger partial charge in [-0.3, -0.25) is 9.78 Å². The van der Waals surface area contributed by atoms with E-state index in [1.165, 1.54) is 0 Å². The SMILES string of the molecule is COc1ccc(NC(=O)N2C[C@H]3CC[C@@H](C2)N(Cc2ccccn2)C3=O)cc1. The minimum atomic E-state index is -0.172. The average Bonchev–Trinajstić information content (AvgIpc) is 3.02. The number of nitrogens with one attached hydrogen (secondary N) is 1. The number of hydrogen-bond acceptors (Lipinski definition) is 4. The van der Waals surface area contributed by atoms with Crippen LogP contribution in [0.5, 0.6) is 5.75 Å². The molecule has 4 heterocycles. The third-order valence-corrected chi connectivity index (χ3v) is 5.48. The molecule has 3 fully saturated rings. The number of rotatable bonds is 4. The van der Waals surface area contributed by atoms with Crippen LogP contribution in [0.1, 0.15) is 18.5 Å². The summed E-state index contributed by atoms with van der Waals surface area (Å²) < 4.78 is 5.14. The first-order valence-corrected chi connectivity index (χ1v) is 9.54. The van der Waals surface area contributed by atoms with Crippen LogP contribution in [0.15, 0.2) is 48.7 Å². The van der Waals surface area contributed by atoms with Gasteiger partial charge in [0.25, 0.3) is 0 Å². The van der Waals surface area contributed by atoms with Crippen LogP contribution in [0.3, 0.4) is 0 Å². The number of piperidine rings is 1. The topological polar surface area (TPSA) is 74.8 Å². The Morgan fingerprint density at radius 1 is 1.18 bits per heavy atom. The quantitative estimate of drug-likeness (QED) is 0.885. The summed E-state index contributed by atoms with van der Waals surface area (Å²) in [7, 11) is 1.61. The van der Waals surface area contributed by atoms with Crippen LogP contribution in [0.4, 0.5) is 10.5 Å². The van der Waals surface area contributed by atoms with Crippen molar-refractivity contribution in [1.29, 1.82) is 0 Å². The van der Waals surface area contributed by atoms with Gasteiger partial charge in [0.15, 0.2) is 0 Å². The molecule has 3 aliphatic rings. The molecule has 28 heavy (non-hydrogen) atoms. The number of aromatic nitrogens is 1. The van der Waals surface area contributed by atoms with Crippen molar-refractivity contribution in [3.8, 4) is 5.75 Å². The third-order valence-electron chi connectivity index (χ3n) is 5.48. The molecular weight excluding hydrogens is 356 g/mol. The van der Waals surface area contributed by atoms with E-state index in [0.717, 1.165) is 24.3 Å². The molecule has 2 bridgehead atoms. The van der Waals surface area contributed by atoms with Gasteiger partial charge in [-0.25, -0.2) is 4.79 Å². The van der Waals surface area contributed by atoms with Gasteiger partial charge in [-0.2, -0.15) is 0 Å². The van der Waals surface area contributed by atoms with Crippen LogP contribution in [0.2, 0.25) is 0 Å². The van der Waals surface area contributed by atoms with Gasteiger partial charge < -0.3 is 19.9 Å². The first-order chi connectivity index (χ1) is 13.6. The Balaban J connectivity index is 1.45. The Labute approximate surface area is 164 Å². The minimum absolute atomic E-state index is 0.0230. The molecule has 3 aliphatic heterocycles. The van der Waals surface area contributed by atoms with Gasteiger partial charge in [0.05, 0.1) is 25.3 Å². The molecule has 0 unspecified atom stereocenters. The number of methoxy groups -OCH3 is 1. The van der Waals surface area contributed by atoms with Crippen LogP contribution in [0.25, 0.3) is 0 Å². The van der Waals surface area contributed by atoms with Crippen LogP contribution in [0, 0.1) is 5.92 Å². The predicted octanol–water partition coefficient (Wildman–Crippen LogP) is 2.75. The molecule has 3 amide bonds. The zero-order valence-corrected chi connectivity index (χ0v) is 15.9. The average molecular weight is 380 g/mol. The Hall–Kier alpha value is -3.09. The van der Waals surface area contributed by atoms with Crippen molar-refractivity contribution in [1.82, 2.24) is 14.8 Å². The van der Waals surface area contributed by atoms with Gasteiger partial charge in [-0.15, -0.1) is 0 Å². The minimum Gasteiger partial charge on any atom is -0.497 e. The summed E-state index contributed by atoms with van der Waals surface area (Å²) in [5.41, 5.74) is 1.58. The molecule has 1 N–H and O–H groups in total. The molecule has 0 spiro atoms. The third kappa shape index (κ3) is 3.78. The lowest BCUT2D eigenvalue weighted by Crippen LogP contribution is -2.47. The smallest absolute Gasteiger partial charge is 0.321 e. The van der Waals surface area contributed by atoms with E-state index in [2.05, 4.69) is 10.3 Å². The molecule has 7 nitrogen and oxygen atoms in total. The molecule has 2 atom stereocenters. The number of benzene rings is 1. The fourth-order valence-corrected chi connectivity index (χ4v) is 3.96. The van der Waals surface area contributed by atoms with E-state index in [4.69, 9.17) is 4.74 Å². The van der Waals surface area contributed by atoms with Crippen molar-refractivity contribution < 1.29 is 14.3 Å². The van der Waals surface area contributed by atoms with E-state index in [0.29, 0.717) is 25.3 Å². The number of amides is 3. The lowest BCUT2D eigenvalue weighted by Gasteiger charge is -2.35. The van der Waals surface area contributed by atoms with Gasteiger partial charge in [0.1, 0.15) is 5.75 Å². The Kier molecular flexibility index (Phi) is 5.14.